The minimum absolute atomic E-state index is 0. The molecule has 0 saturated carbocycles. The summed E-state index contributed by atoms with van der Waals surface area (Å²) in [5, 5.41) is 0. The third kappa shape index (κ3) is 1770. The molecule has 0 aliphatic rings. The van der Waals surface area contributed by atoms with Crippen molar-refractivity contribution >= 4 is 18.9 Å². The first-order valence-electron chi connectivity index (χ1n) is 0. The van der Waals surface area contributed by atoms with Crippen LogP contribution in [0, 0.1) is 0 Å². The molecule has 0 aromatic rings. The second-order valence-electron chi connectivity index (χ2n) is 0. The molecule has 0 bridgehead atoms. The van der Waals surface area contributed by atoms with Crippen LogP contribution in [0.1, 0.15) is 0 Å². The van der Waals surface area contributed by atoms with E-state index in [4.69, 9.17) is 0 Å². The van der Waals surface area contributed by atoms with E-state index in [9.17, 15) is 0 Å². The van der Waals surface area contributed by atoms with Crippen molar-refractivity contribution in [1.29, 1.82) is 0 Å². The molecule has 1 radical (unpaired) electrons. The summed E-state index contributed by atoms with van der Waals surface area (Å²) in [5.74, 6) is 0. The van der Waals surface area contributed by atoms with Crippen molar-refractivity contribution in [2.45, 2.75) is 0 Å². The summed E-state index contributed by atoms with van der Waals surface area (Å²) in [6, 6.07) is 0. The largest absolute Gasteiger partial charge is 0.412 e. The van der Waals surface area contributed by atoms with Crippen LogP contribution in [0.15, 0.2) is 0 Å². The van der Waals surface area contributed by atoms with Crippen molar-refractivity contribution in [2.24, 2.45) is 0 Å². The third-order valence-electron chi connectivity index (χ3n) is 0. The van der Waals surface area contributed by atoms with Gasteiger partial charge in [-0.15, -0.1) is 0 Å². The van der Waals surface area contributed by atoms with Crippen LogP contribution in [0.25, 0.3) is 0 Å². The standard InChI is InChI=1S/Li.7H2O/h;7*1H2. The molecule has 0 spiro atoms. The normalized spacial score (nSPS) is 0. The first-order chi connectivity index (χ1) is 0. The first kappa shape index (κ1) is 4420. The van der Waals surface area contributed by atoms with Gasteiger partial charge < -0.3 is 38.3 Å². The Kier molecular flexibility index (Phi) is 1600000. The first-order valence-corrected chi connectivity index (χ1v) is 0. The molecule has 0 fully saturated rings. The zero-order chi connectivity index (χ0) is 0. The van der Waals surface area contributed by atoms with Crippen molar-refractivity contribution in [3.8, 4) is 0 Å². The molecule has 8 heavy (non-hydrogen) atoms. The van der Waals surface area contributed by atoms with Gasteiger partial charge in [0.2, 0.25) is 0 Å². The predicted octanol–water partition coefficient (Wildman–Crippen LogP) is -6.15. The minimum Gasteiger partial charge on any atom is -0.412 e. The van der Waals surface area contributed by atoms with Crippen LogP contribution in [-0.2, 0) is 0 Å². The summed E-state index contributed by atoms with van der Waals surface area (Å²) in [4.78, 5) is 0. The molecule has 7 nitrogen and oxygen atoms in total. The topological polar surface area (TPSA) is 220 Å². The Balaban J connectivity index is 0. The van der Waals surface area contributed by atoms with Crippen molar-refractivity contribution in [2.75, 3.05) is 0 Å². The van der Waals surface area contributed by atoms with Gasteiger partial charge in [-0.25, -0.2) is 0 Å². The smallest absolute Gasteiger partial charge is 0 e. The maximum absolute atomic E-state index is 0. The predicted molar refractivity (Wildman–Crippen MR) is 31.1 cm³/mol. The Morgan fingerprint density at radius 1 is 0.250 bits per heavy atom. The molecule has 0 aromatic carbocycles. The maximum atomic E-state index is 0. The fourth-order valence-corrected chi connectivity index (χ4v) is 0. The van der Waals surface area contributed by atoms with Gasteiger partial charge >= 0.3 is 0 Å². The summed E-state index contributed by atoms with van der Waals surface area (Å²) in [6.07, 6.45) is 0. The Morgan fingerprint density at radius 3 is 0.250 bits per heavy atom. The molecule has 0 amide bonds. The summed E-state index contributed by atoms with van der Waals surface area (Å²) >= 11 is 0. The molecule has 0 aliphatic heterocycles. The fraction of sp³-hybridized carbons (Fsp3) is 0. The summed E-state index contributed by atoms with van der Waals surface area (Å²) < 4.78 is 0. The Hall–Kier alpha value is 0.317. The monoisotopic (exact) mass is 133 g/mol. The molecule has 14 N–H and O–H groups in total. The molecule has 57 valence electrons. The van der Waals surface area contributed by atoms with E-state index < -0.39 is 0 Å². The van der Waals surface area contributed by atoms with E-state index in [1.54, 1.807) is 0 Å². The number of hydrogen-bond donors (Lipinski definition) is 0. The molecule has 8 heteroatoms. The molecular weight excluding hydrogens is 119 g/mol. The van der Waals surface area contributed by atoms with Crippen LogP contribution in [0.5, 0.6) is 0 Å². The van der Waals surface area contributed by atoms with Gasteiger partial charge in [-0.05, 0) is 0 Å². The molecule has 0 heterocycles. The number of rotatable bonds is 0. The van der Waals surface area contributed by atoms with Crippen LogP contribution in [0.4, 0.5) is 0 Å². The van der Waals surface area contributed by atoms with Crippen molar-refractivity contribution in [3.63, 3.8) is 0 Å². The molecular formula is H14LiO7. The van der Waals surface area contributed by atoms with Gasteiger partial charge in [0.15, 0.2) is 0 Å². The molecule has 0 atom stereocenters. The summed E-state index contributed by atoms with van der Waals surface area (Å²) in [5.41, 5.74) is 0. The van der Waals surface area contributed by atoms with E-state index in [1.165, 1.54) is 0 Å². The summed E-state index contributed by atoms with van der Waals surface area (Å²) in [7, 11) is 0. The second-order valence-corrected chi connectivity index (χ2v) is 0. The average molecular weight is 133 g/mol. The molecule has 0 aliphatic carbocycles. The van der Waals surface area contributed by atoms with Crippen LogP contribution >= 0.6 is 0 Å². The zero-order valence-corrected chi connectivity index (χ0v) is 4.50. The fourth-order valence-electron chi connectivity index (χ4n) is 0. The van der Waals surface area contributed by atoms with E-state index in [0.29, 0.717) is 0 Å². The quantitative estimate of drug-likeness (QED) is 0.281. The van der Waals surface area contributed by atoms with Crippen LogP contribution in [0.3, 0.4) is 0 Å². The van der Waals surface area contributed by atoms with E-state index in [2.05, 4.69) is 0 Å². The van der Waals surface area contributed by atoms with Crippen molar-refractivity contribution in [1.82, 2.24) is 0 Å². The van der Waals surface area contributed by atoms with Gasteiger partial charge in [0.05, 0.1) is 0 Å². The third-order valence-corrected chi connectivity index (χ3v) is 0. The minimum atomic E-state index is 0. The van der Waals surface area contributed by atoms with Gasteiger partial charge in [0, 0.05) is 18.9 Å². The van der Waals surface area contributed by atoms with Gasteiger partial charge in [-0.3, -0.25) is 0 Å². The SMILES string of the molecule is O.O.O.O.O.O.O.[Li]. The van der Waals surface area contributed by atoms with Gasteiger partial charge in [0.1, 0.15) is 0 Å². The van der Waals surface area contributed by atoms with Crippen molar-refractivity contribution in [3.05, 3.63) is 0 Å². The second kappa shape index (κ2) is 2900. The Bertz CT molecular complexity index is 4.35. The average Bonchev–Trinajstić information content (AvgIpc) is 0. The molecule has 0 rings (SSSR count). The Morgan fingerprint density at radius 2 is 0.250 bits per heavy atom. The van der Waals surface area contributed by atoms with Crippen LogP contribution < -0.4 is 0 Å². The van der Waals surface area contributed by atoms with Gasteiger partial charge in [-0.2, -0.15) is 0 Å². The van der Waals surface area contributed by atoms with Crippen LogP contribution in [-0.4, -0.2) is 57.2 Å². The van der Waals surface area contributed by atoms with E-state index in [0.717, 1.165) is 0 Å². The summed E-state index contributed by atoms with van der Waals surface area (Å²) in [6.45, 7) is 0. The van der Waals surface area contributed by atoms with Crippen molar-refractivity contribution < 1.29 is 38.3 Å². The van der Waals surface area contributed by atoms with Gasteiger partial charge in [-0.1, -0.05) is 0 Å². The van der Waals surface area contributed by atoms with E-state index in [1.807, 2.05) is 0 Å². The molecule has 0 unspecified atom stereocenters. The molecule has 0 saturated heterocycles. The van der Waals surface area contributed by atoms with Gasteiger partial charge in [0.25, 0.3) is 0 Å². The number of hydrogen-bond acceptors (Lipinski definition) is 0. The zero-order valence-electron chi connectivity index (χ0n) is 4.50. The van der Waals surface area contributed by atoms with E-state index >= 15 is 0 Å². The van der Waals surface area contributed by atoms with E-state index in [-0.39, 0.29) is 57.2 Å². The molecule has 0 aromatic heterocycles. The maximum Gasteiger partial charge on any atom is 0 e. The van der Waals surface area contributed by atoms with Crippen LogP contribution in [0.2, 0.25) is 0 Å². The Labute approximate surface area is 58.0 Å².